The van der Waals surface area contributed by atoms with Gasteiger partial charge in [0.15, 0.2) is 5.60 Å². The number of primary amides is 1. The number of fused-ring (bicyclic) bond motifs is 1. The number of carbonyl (C=O) groups excluding carboxylic acids is 2. The normalized spacial score (nSPS) is 31.6. The second-order valence-electron chi connectivity index (χ2n) is 8.85. The lowest BCUT2D eigenvalue weighted by atomic mass is 9.71. The number of aliphatic hydroxyl groups is 1. The first kappa shape index (κ1) is 23.8. The van der Waals surface area contributed by atoms with Crippen molar-refractivity contribution in [3.05, 3.63) is 58.3 Å². The van der Waals surface area contributed by atoms with Crippen LogP contribution in [0, 0.1) is 17.8 Å². The maximum Gasteiger partial charge on any atom is 0.395 e. The molecule has 1 saturated carbocycles. The molecule has 0 spiro atoms. The molecule has 33 heavy (non-hydrogen) atoms. The van der Waals surface area contributed by atoms with Crippen molar-refractivity contribution in [3.63, 3.8) is 0 Å². The van der Waals surface area contributed by atoms with Gasteiger partial charge < -0.3 is 21.1 Å². The number of hydrogen-bond donors (Lipinski definition) is 3. The average molecular weight is 484 g/mol. The van der Waals surface area contributed by atoms with Crippen LogP contribution < -0.4 is 11.1 Å². The standard InChI is InChI=1S/C23H25ClF3N3O3/c1-2-29-14-7-12(8-14)11-30-18-10-13(20(28)31)9-16(23(25,26)27)19(18)22(33,21(30)32)15-5-3-4-6-17(15)24/h3-6,9-10,12,14,16,19,29,33H,2,7-8,11H2,1H3,(H2,28,31). The fourth-order valence-corrected chi connectivity index (χ4v) is 5.50. The number of alkyl halides is 3. The van der Waals surface area contributed by atoms with Crippen molar-refractivity contribution in [3.8, 4) is 0 Å². The fraction of sp³-hybridized carbons (Fsp3) is 0.478. The molecule has 1 aliphatic heterocycles. The van der Waals surface area contributed by atoms with Gasteiger partial charge in [-0.2, -0.15) is 13.2 Å². The highest BCUT2D eigenvalue weighted by atomic mass is 35.5. The molecule has 1 aromatic carbocycles. The van der Waals surface area contributed by atoms with E-state index >= 15 is 0 Å². The Morgan fingerprint density at radius 3 is 2.58 bits per heavy atom. The second kappa shape index (κ2) is 8.45. The molecule has 2 aliphatic carbocycles. The van der Waals surface area contributed by atoms with Crippen LogP contribution in [0.3, 0.4) is 0 Å². The summed E-state index contributed by atoms with van der Waals surface area (Å²) < 4.78 is 42.6. The van der Waals surface area contributed by atoms with Crippen molar-refractivity contribution in [1.29, 1.82) is 0 Å². The van der Waals surface area contributed by atoms with Crippen LogP contribution in [-0.2, 0) is 15.2 Å². The van der Waals surface area contributed by atoms with Crippen molar-refractivity contribution in [2.24, 2.45) is 23.5 Å². The fourth-order valence-electron chi connectivity index (χ4n) is 5.22. The van der Waals surface area contributed by atoms with Crippen LogP contribution in [0.15, 0.2) is 47.7 Å². The van der Waals surface area contributed by atoms with Crippen LogP contribution in [0.2, 0.25) is 5.02 Å². The van der Waals surface area contributed by atoms with Crippen LogP contribution in [-0.4, -0.2) is 47.1 Å². The van der Waals surface area contributed by atoms with Gasteiger partial charge >= 0.3 is 6.18 Å². The van der Waals surface area contributed by atoms with Crippen molar-refractivity contribution in [2.45, 2.75) is 37.6 Å². The topological polar surface area (TPSA) is 95.7 Å². The Morgan fingerprint density at radius 1 is 1.33 bits per heavy atom. The minimum Gasteiger partial charge on any atom is -0.375 e. The van der Waals surface area contributed by atoms with E-state index in [9.17, 15) is 27.9 Å². The molecule has 0 aromatic heterocycles. The summed E-state index contributed by atoms with van der Waals surface area (Å²) in [6.07, 6.45) is -1.45. The van der Waals surface area contributed by atoms with Gasteiger partial charge in [-0.3, -0.25) is 9.59 Å². The van der Waals surface area contributed by atoms with Gasteiger partial charge in [0, 0.05) is 34.4 Å². The third-order valence-corrected chi connectivity index (χ3v) is 7.12. The highest BCUT2D eigenvalue weighted by Crippen LogP contribution is 2.56. The third-order valence-electron chi connectivity index (χ3n) is 6.79. The Bertz CT molecular complexity index is 1040. The second-order valence-corrected chi connectivity index (χ2v) is 9.26. The molecule has 4 rings (SSSR count). The molecular weight excluding hydrogens is 459 g/mol. The number of amides is 2. The Morgan fingerprint density at radius 2 is 2.00 bits per heavy atom. The Balaban J connectivity index is 1.81. The molecule has 4 N–H and O–H groups in total. The smallest absolute Gasteiger partial charge is 0.375 e. The molecule has 1 aromatic rings. The van der Waals surface area contributed by atoms with Crippen LogP contribution >= 0.6 is 11.6 Å². The number of nitrogens with two attached hydrogens (primary N) is 1. The molecule has 6 nitrogen and oxygen atoms in total. The summed E-state index contributed by atoms with van der Waals surface area (Å²) in [5.41, 5.74) is 2.26. The van der Waals surface area contributed by atoms with Gasteiger partial charge in [-0.1, -0.05) is 42.8 Å². The highest BCUT2D eigenvalue weighted by Gasteiger charge is 2.65. The largest absolute Gasteiger partial charge is 0.395 e. The number of halogens is 4. The molecular formula is C23H25ClF3N3O3. The number of hydrogen-bond acceptors (Lipinski definition) is 4. The number of nitrogens with one attached hydrogen (secondary N) is 1. The van der Waals surface area contributed by atoms with Crippen molar-refractivity contribution >= 4 is 23.4 Å². The number of allylic oxidation sites excluding steroid dienone is 1. The van der Waals surface area contributed by atoms with Crippen molar-refractivity contribution in [2.75, 3.05) is 13.1 Å². The lowest BCUT2D eigenvalue weighted by Crippen LogP contribution is -2.48. The number of carbonyl (C=O) groups is 2. The molecule has 1 saturated heterocycles. The zero-order valence-corrected chi connectivity index (χ0v) is 18.7. The zero-order valence-electron chi connectivity index (χ0n) is 17.9. The monoisotopic (exact) mass is 483 g/mol. The summed E-state index contributed by atoms with van der Waals surface area (Å²) in [5.74, 6) is -5.87. The van der Waals surface area contributed by atoms with E-state index in [1.807, 2.05) is 6.92 Å². The minimum atomic E-state index is -4.84. The first-order valence-electron chi connectivity index (χ1n) is 10.8. The van der Waals surface area contributed by atoms with Crippen molar-refractivity contribution in [1.82, 2.24) is 10.2 Å². The molecule has 3 unspecified atom stereocenters. The summed E-state index contributed by atoms with van der Waals surface area (Å²) >= 11 is 6.25. The van der Waals surface area contributed by atoms with Crippen LogP contribution in [0.5, 0.6) is 0 Å². The molecule has 3 atom stereocenters. The van der Waals surface area contributed by atoms with Gasteiger partial charge in [-0.15, -0.1) is 0 Å². The summed E-state index contributed by atoms with van der Waals surface area (Å²) in [5, 5.41) is 15.0. The lowest BCUT2D eigenvalue weighted by Gasteiger charge is -2.39. The van der Waals surface area contributed by atoms with E-state index < -0.39 is 35.4 Å². The predicted octanol–water partition coefficient (Wildman–Crippen LogP) is 2.86. The van der Waals surface area contributed by atoms with Crippen molar-refractivity contribution < 1.29 is 27.9 Å². The van der Waals surface area contributed by atoms with E-state index in [0.717, 1.165) is 19.4 Å². The Labute approximate surface area is 194 Å². The molecule has 2 fully saturated rings. The Hall–Kier alpha value is -2.36. The first-order chi connectivity index (χ1) is 15.5. The lowest BCUT2D eigenvalue weighted by molar-refractivity contribution is -0.189. The highest BCUT2D eigenvalue weighted by molar-refractivity contribution is 6.31. The number of rotatable bonds is 6. The SMILES string of the molecule is CCNC1CC(CN2C(=O)C(O)(c3ccccc3Cl)C3C2=CC(C(N)=O)=CC3C(F)(F)F)C1. The van der Waals surface area contributed by atoms with Crippen LogP contribution in [0.1, 0.15) is 25.3 Å². The molecule has 0 radical (unpaired) electrons. The average Bonchev–Trinajstić information content (AvgIpc) is 2.93. The van der Waals surface area contributed by atoms with Crippen LogP contribution in [0.4, 0.5) is 13.2 Å². The van der Waals surface area contributed by atoms with E-state index in [-0.39, 0.29) is 40.4 Å². The van der Waals surface area contributed by atoms with E-state index in [2.05, 4.69) is 5.32 Å². The summed E-state index contributed by atoms with van der Waals surface area (Å²) in [6, 6.07) is 6.11. The summed E-state index contributed by atoms with van der Waals surface area (Å²) in [4.78, 5) is 26.7. The van der Waals surface area contributed by atoms with Gasteiger partial charge in [-0.25, -0.2) is 0 Å². The van der Waals surface area contributed by atoms with Gasteiger partial charge in [0.05, 0.1) is 11.8 Å². The quantitative estimate of drug-likeness (QED) is 0.580. The molecule has 10 heteroatoms. The third kappa shape index (κ3) is 3.96. The molecule has 178 valence electrons. The van der Waals surface area contributed by atoms with E-state index in [0.29, 0.717) is 6.08 Å². The van der Waals surface area contributed by atoms with Gasteiger partial charge in [0.1, 0.15) is 0 Å². The first-order valence-corrected chi connectivity index (χ1v) is 11.2. The molecule has 3 aliphatic rings. The summed E-state index contributed by atoms with van der Waals surface area (Å²) in [6.45, 7) is 2.90. The molecule has 0 bridgehead atoms. The Kier molecular flexibility index (Phi) is 6.09. The maximum atomic E-state index is 14.2. The molecule has 2 amide bonds. The van der Waals surface area contributed by atoms with E-state index in [1.165, 1.54) is 29.2 Å². The van der Waals surface area contributed by atoms with Gasteiger partial charge in [-0.05, 0) is 37.4 Å². The van der Waals surface area contributed by atoms with Crippen LogP contribution in [0.25, 0.3) is 0 Å². The maximum absolute atomic E-state index is 14.2. The van der Waals surface area contributed by atoms with E-state index in [4.69, 9.17) is 17.3 Å². The zero-order chi connectivity index (χ0) is 24.1. The van der Waals surface area contributed by atoms with E-state index in [1.54, 1.807) is 6.07 Å². The van der Waals surface area contributed by atoms with Gasteiger partial charge in [0.25, 0.3) is 5.91 Å². The number of likely N-dealkylation sites (tertiary alicyclic amines) is 1. The minimum absolute atomic E-state index is 0.0176. The number of nitrogens with zero attached hydrogens (tertiary/aromatic N) is 1. The summed E-state index contributed by atoms with van der Waals surface area (Å²) in [7, 11) is 0. The number of benzene rings is 1. The molecule has 1 heterocycles. The predicted molar refractivity (Wildman–Crippen MR) is 116 cm³/mol. The van der Waals surface area contributed by atoms with Gasteiger partial charge in [0.2, 0.25) is 5.91 Å².